The van der Waals surface area contributed by atoms with E-state index in [4.69, 9.17) is 10.5 Å². The number of nitrogens with zero attached hydrogens (tertiary/aromatic N) is 1. The second kappa shape index (κ2) is 4.30. The molecular formula is C11H15N3O2. The summed E-state index contributed by atoms with van der Waals surface area (Å²) in [6.45, 7) is 1.79. The number of carbonyl (C=O) groups excluding carboxylic acids is 1. The zero-order valence-electron chi connectivity index (χ0n) is 9.19. The molecule has 86 valence electrons. The van der Waals surface area contributed by atoms with E-state index in [1.165, 1.54) is 0 Å². The van der Waals surface area contributed by atoms with Gasteiger partial charge < -0.3 is 20.7 Å². The van der Waals surface area contributed by atoms with E-state index in [0.717, 1.165) is 18.0 Å². The van der Waals surface area contributed by atoms with Crippen LogP contribution in [0.1, 0.15) is 0 Å². The van der Waals surface area contributed by atoms with Gasteiger partial charge in [-0.15, -0.1) is 0 Å². The molecule has 1 aromatic rings. The molecule has 5 heteroatoms. The van der Waals surface area contributed by atoms with E-state index in [-0.39, 0.29) is 5.91 Å². The molecule has 1 amide bonds. The number of nitrogens with one attached hydrogen (secondary N) is 1. The lowest BCUT2D eigenvalue weighted by Crippen LogP contribution is -2.47. The van der Waals surface area contributed by atoms with E-state index in [1.54, 1.807) is 13.2 Å². The summed E-state index contributed by atoms with van der Waals surface area (Å²) in [4.78, 5) is 13.2. The molecule has 1 aromatic carbocycles. The number of hydrogen-bond acceptors (Lipinski definition) is 4. The van der Waals surface area contributed by atoms with E-state index in [1.807, 2.05) is 17.0 Å². The molecule has 0 atom stereocenters. The van der Waals surface area contributed by atoms with Gasteiger partial charge in [-0.25, -0.2) is 0 Å². The summed E-state index contributed by atoms with van der Waals surface area (Å²) in [6, 6.07) is 5.49. The molecular weight excluding hydrogens is 206 g/mol. The molecule has 5 nitrogen and oxygen atoms in total. The first kappa shape index (κ1) is 10.6. The van der Waals surface area contributed by atoms with Crippen LogP contribution in [0.25, 0.3) is 0 Å². The highest BCUT2D eigenvalue weighted by Crippen LogP contribution is 2.27. The van der Waals surface area contributed by atoms with Crippen molar-refractivity contribution in [1.29, 1.82) is 0 Å². The second-order valence-corrected chi connectivity index (χ2v) is 3.70. The van der Waals surface area contributed by atoms with E-state index < -0.39 is 0 Å². The van der Waals surface area contributed by atoms with Gasteiger partial charge in [0.2, 0.25) is 5.91 Å². The molecule has 0 saturated carbocycles. The Morgan fingerprint density at radius 3 is 2.94 bits per heavy atom. The first-order valence-electron chi connectivity index (χ1n) is 5.16. The van der Waals surface area contributed by atoms with Crippen LogP contribution in [0, 0.1) is 0 Å². The number of hydrogen-bond donors (Lipinski definition) is 2. The Morgan fingerprint density at radius 2 is 2.31 bits per heavy atom. The topological polar surface area (TPSA) is 67.6 Å². The molecule has 1 fully saturated rings. The molecule has 1 saturated heterocycles. The van der Waals surface area contributed by atoms with E-state index in [0.29, 0.717) is 18.8 Å². The molecule has 1 aliphatic heterocycles. The van der Waals surface area contributed by atoms with Crippen LogP contribution in [0.4, 0.5) is 11.4 Å². The van der Waals surface area contributed by atoms with Crippen molar-refractivity contribution in [3.05, 3.63) is 18.2 Å². The smallest absolute Gasteiger partial charge is 0.239 e. The molecule has 0 bridgehead atoms. The van der Waals surface area contributed by atoms with Gasteiger partial charge in [0, 0.05) is 19.2 Å². The Balaban J connectivity index is 2.22. The van der Waals surface area contributed by atoms with Gasteiger partial charge in [0.15, 0.2) is 0 Å². The first-order valence-corrected chi connectivity index (χ1v) is 5.16. The maximum Gasteiger partial charge on any atom is 0.239 e. The Labute approximate surface area is 94.2 Å². The molecule has 1 heterocycles. The minimum absolute atomic E-state index is 0.0291. The van der Waals surface area contributed by atoms with Crippen LogP contribution in [-0.4, -0.2) is 32.7 Å². The van der Waals surface area contributed by atoms with Crippen LogP contribution in [0.15, 0.2) is 18.2 Å². The molecule has 2 rings (SSSR count). The Kier molecular flexibility index (Phi) is 2.85. The van der Waals surface area contributed by atoms with Crippen molar-refractivity contribution in [3.8, 4) is 5.75 Å². The number of methoxy groups -OCH3 is 1. The number of piperazine rings is 1. The number of carbonyl (C=O) groups is 1. The molecule has 3 N–H and O–H groups in total. The zero-order chi connectivity index (χ0) is 11.5. The van der Waals surface area contributed by atoms with Crippen LogP contribution < -0.4 is 20.7 Å². The number of benzene rings is 1. The maximum absolute atomic E-state index is 11.3. The third-order valence-corrected chi connectivity index (χ3v) is 2.61. The third kappa shape index (κ3) is 2.03. The Morgan fingerprint density at radius 1 is 1.50 bits per heavy atom. The second-order valence-electron chi connectivity index (χ2n) is 3.70. The van der Waals surface area contributed by atoms with Crippen molar-refractivity contribution >= 4 is 17.3 Å². The van der Waals surface area contributed by atoms with Crippen molar-refractivity contribution < 1.29 is 9.53 Å². The van der Waals surface area contributed by atoms with Crippen LogP contribution in [0.2, 0.25) is 0 Å². The quantitative estimate of drug-likeness (QED) is 0.701. The van der Waals surface area contributed by atoms with Crippen molar-refractivity contribution in [1.82, 2.24) is 5.32 Å². The van der Waals surface area contributed by atoms with Gasteiger partial charge in [-0.3, -0.25) is 4.79 Å². The number of ether oxygens (including phenoxy) is 1. The molecule has 16 heavy (non-hydrogen) atoms. The summed E-state index contributed by atoms with van der Waals surface area (Å²) in [5, 5.41) is 2.78. The summed E-state index contributed by atoms with van der Waals surface area (Å²) in [5.41, 5.74) is 7.44. The van der Waals surface area contributed by atoms with Crippen molar-refractivity contribution in [2.45, 2.75) is 0 Å². The lowest BCUT2D eigenvalue weighted by molar-refractivity contribution is -0.120. The van der Waals surface area contributed by atoms with Gasteiger partial charge in [0.25, 0.3) is 0 Å². The summed E-state index contributed by atoms with van der Waals surface area (Å²) < 4.78 is 5.08. The lowest BCUT2D eigenvalue weighted by atomic mass is 10.2. The summed E-state index contributed by atoms with van der Waals surface area (Å²) in [7, 11) is 1.60. The van der Waals surface area contributed by atoms with Crippen molar-refractivity contribution in [2.75, 3.05) is 37.4 Å². The predicted octanol–water partition coefficient (Wildman–Crippen LogP) is 0.214. The van der Waals surface area contributed by atoms with Gasteiger partial charge in [0.05, 0.1) is 25.0 Å². The summed E-state index contributed by atoms with van der Waals surface area (Å²) in [5.74, 6) is 0.754. The molecule has 0 aromatic heterocycles. The van der Waals surface area contributed by atoms with Gasteiger partial charge in [-0.1, -0.05) is 0 Å². The standard InChI is InChI=1S/C11H15N3O2/c1-16-8-2-3-10(9(12)6-8)14-5-4-13-11(15)7-14/h2-3,6H,4-5,7,12H2,1H3,(H,13,15). The fourth-order valence-electron chi connectivity index (χ4n) is 1.79. The van der Waals surface area contributed by atoms with Gasteiger partial charge in [0.1, 0.15) is 5.75 Å². The normalized spacial score (nSPS) is 15.8. The fraction of sp³-hybridized carbons (Fsp3) is 0.364. The number of amides is 1. The molecule has 0 unspecified atom stereocenters. The first-order chi connectivity index (χ1) is 7.70. The molecule has 0 spiro atoms. The Hall–Kier alpha value is -1.91. The molecule has 1 aliphatic rings. The van der Waals surface area contributed by atoms with Crippen molar-refractivity contribution in [3.63, 3.8) is 0 Å². The highest BCUT2D eigenvalue weighted by Gasteiger charge is 2.18. The summed E-state index contributed by atoms with van der Waals surface area (Å²) >= 11 is 0. The molecule has 0 aliphatic carbocycles. The minimum Gasteiger partial charge on any atom is -0.497 e. The van der Waals surface area contributed by atoms with E-state index in [9.17, 15) is 4.79 Å². The molecule has 0 radical (unpaired) electrons. The van der Waals surface area contributed by atoms with Crippen LogP contribution in [-0.2, 0) is 4.79 Å². The predicted molar refractivity (Wildman–Crippen MR) is 62.6 cm³/mol. The largest absolute Gasteiger partial charge is 0.497 e. The summed E-state index contributed by atoms with van der Waals surface area (Å²) in [6.07, 6.45) is 0. The highest BCUT2D eigenvalue weighted by molar-refractivity contribution is 5.84. The zero-order valence-corrected chi connectivity index (χ0v) is 9.19. The SMILES string of the molecule is COc1ccc(N2CCNC(=O)C2)c(N)c1. The number of anilines is 2. The van der Waals surface area contributed by atoms with Crippen LogP contribution in [0.3, 0.4) is 0 Å². The highest BCUT2D eigenvalue weighted by atomic mass is 16.5. The van der Waals surface area contributed by atoms with E-state index >= 15 is 0 Å². The van der Waals surface area contributed by atoms with Crippen molar-refractivity contribution in [2.24, 2.45) is 0 Å². The van der Waals surface area contributed by atoms with Crippen LogP contribution >= 0.6 is 0 Å². The Bertz CT molecular complexity index is 406. The maximum atomic E-state index is 11.3. The number of nitrogen functional groups attached to an aromatic ring is 1. The monoisotopic (exact) mass is 221 g/mol. The fourth-order valence-corrected chi connectivity index (χ4v) is 1.79. The van der Waals surface area contributed by atoms with E-state index in [2.05, 4.69) is 5.32 Å². The average molecular weight is 221 g/mol. The van der Waals surface area contributed by atoms with Gasteiger partial charge >= 0.3 is 0 Å². The third-order valence-electron chi connectivity index (χ3n) is 2.61. The van der Waals surface area contributed by atoms with Crippen LogP contribution in [0.5, 0.6) is 5.75 Å². The number of nitrogens with two attached hydrogens (primary N) is 1. The minimum atomic E-state index is 0.0291. The van der Waals surface area contributed by atoms with Gasteiger partial charge in [-0.2, -0.15) is 0 Å². The lowest BCUT2D eigenvalue weighted by Gasteiger charge is -2.29. The average Bonchev–Trinajstić information content (AvgIpc) is 2.28. The van der Waals surface area contributed by atoms with Gasteiger partial charge in [-0.05, 0) is 12.1 Å². The number of rotatable bonds is 2.